The molecule has 0 spiro atoms. The molecule has 9 atom stereocenters. The Morgan fingerprint density at radius 1 is 1.03 bits per heavy atom. The van der Waals surface area contributed by atoms with Crippen LogP contribution in [-0.2, 0) is 4.74 Å². The topological polar surface area (TPSA) is 21.3 Å². The van der Waals surface area contributed by atoms with E-state index in [1.54, 1.807) is 0 Å². The molecule has 0 bridgehead atoms. The van der Waals surface area contributed by atoms with Crippen molar-refractivity contribution < 1.29 is 9.13 Å². The molecule has 5 heteroatoms. The Morgan fingerprint density at radius 3 is 2.77 bits per heavy atom. The zero-order valence-corrected chi connectivity index (χ0v) is 22.0. The molecule has 4 fully saturated rings. The van der Waals surface area contributed by atoms with Crippen molar-refractivity contribution in [2.24, 2.45) is 35.5 Å². The van der Waals surface area contributed by atoms with Crippen LogP contribution < -0.4 is 5.32 Å². The fraction of sp³-hybridized carbons (Fsp3) is 1.00. The van der Waals surface area contributed by atoms with Gasteiger partial charge in [0.05, 0.1) is 12.7 Å². The van der Waals surface area contributed by atoms with E-state index in [1.165, 1.54) is 70.0 Å². The number of ether oxygens (including phenoxy) is 1. The van der Waals surface area contributed by atoms with Gasteiger partial charge in [0.25, 0.3) is 0 Å². The number of nitrogens with one attached hydrogen (secondary N) is 1. The van der Waals surface area contributed by atoms with Crippen LogP contribution in [0.25, 0.3) is 0 Å². The van der Waals surface area contributed by atoms with Crippen LogP contribution in [0.4, 0.5) is 4.39 Å². The van der Waals surface area contributed by atoms with Crippen molar-refractivity contribution >= 4 is 27.7 Å². The summed E-state index contributed by atoms with van der Waals surface area (Å²) in [5, 5.41) is 3.69. The highest BCUT2D eigenvalue weighted by Crippen LogP contribution is 2.44. The summed E-state index contributed by atoms with van der Waals surface area (Å²) in [6, 6.07) is 0.675. The third-order valence-electron chi connectivity index (χ3n) is 9.39. The van der Waals surface area contributed by atoms with Gasteiger partial charge in [0.1, 0.15) is 6.17 Å². The van der Waals surface area contributed by atoms with Crippen molar-refractivity contribution in [2.75, 3.05) is 18.4 Å². The molecule has 2 nitrogen and oxygen atoms in total. The van der Waals surface area contributed by atoms with Crippen molar-refractivity contribution in [1.82, 2.24) is 5.32 Å². The molecule has 1 saturated heterocycles. The number of thioether (sulfide) groups is 1. The third-order valence-corrected chi connectivity index (χ3v) is 11.2. The van der Waals surface area contributed by atoms with Gasteiger partial charge in [-0.15, -0.1) is 11.8 Å². The maximum Gasteiger partial charge on any atom is 0.104 e. The average molecular weight is 519 g/mol. The second kappa shape index (κ2) is 12.4. The summed E-state index contributed by atoms with van der Waals surface area (Å²) < 4.78 is 20.4. The first kappa shape index (κ1) is 24.8. The Bertz CT molecular complexity index is 540. The molecule has 180 valence electrons. The third kappa shape index (κ3) is 6.85. The standard InChI is InChI=1S/C26H45BrFNOS/c1-18(23-13-12-22(27)14-25(23)28)20-5-2-4-19(8-10-20)9-11-21-6-3-7-26-24(21)15-31-17-30-16-29-26/h18-26,29H,2-17H2,1H3. The Morgan fingerprint density at radius 2 is 1.90 bits per heavy atom. The van der Waals surface area contributed by atoms with E-state index in [0.717, 1.165) is 55.6 Å². The maximum absolute atomic E-state index is 14.8. The number of halogens is 2. The minimum absolute atomic E-state index is 0.308. The number of fused-ring (bicyclic) bond motifs is 1. The quantitative estimate of drug-likeness (QED) is 0.300. The van der Waals surface area contributed by atoms with Crippen LogP contribution in [0, 0.1) is 35.5 Å². The van der Waals surface area contributed by atoms with E-state index < -0.39 is 6.17 Å². The van der Waals surface area contributed by atoms with Crippen LogP contribution in [0.3, 0.4) is 0 Å². The predicted molar refractivity (Wildman–Crippen MR) is 134 cm³/mol. The number of alkyl halides is 2. The Kier molecular flexibility index (Phi) is 9.92. The van der Waals surface area contributed by atoms with Crippen molar-refractivity contribution in [1.29, 1.82) is 0 Å². The molecule has 3 aliphatic carbocycles. The molecule has 0 aromatic rings. The van der Waals surface area contributed by atoms with Gasteiger partial charge in [-0.1, -0.05) is 67.8 Å². The molecule has 31 heavy (non-hydrogen) atoms. The van der Waals surface area contributed by atoms with E-state index in [2.05, 4.69) is 28.2 Å². The summed E-state index contributed by atoms with van der Waals surface area (Å²) >= 11 is 5.65. The summed E-state index contributed by atoms with van der Waals surface area (Å²) in [5.74, 6) is 6.40. The molecule has 4 rings (SSSR count). The van der Waals surface area contributed by atoms with E-state index in [9.17, 15) is 4.39 Å². The summed E-state index contributed by atoms with van der Waals surface area (Å²) in [5.41, 5.74) is 0. The normalized spacial score (nSPS) is 43.8. The SMILES string of the molecule is CC(C1CCCC(CCC2CCCC3NCOCSCC23)CC1)C1CCC(Br)CC1F. The van der Waals surface area contributed by atoms with Gasteiger partial charge in [0, 0.05) is 16.6 Å². The first-order valence-corrected chi connectivity index (χ1v) is 15.4. The molecule has 0 radical (unpaired) electrons. The lowest BCUT2D eigenvalue weighted by molar-refractivity contribution is 0.0874. The lowest BCUT2D eigenvalue weighted by Crippen LogP contribution is -2.46. The molecule has 4 aliphatic rings. The van der Waals surface area contributed by atoms with Gasteiger partial charge >= 0.3 is 0 Å². The van der Waals surface area contributed by atoms with E-state index in [1.807, 2.05) is 11.8 Å². The lowest BCUT2D eigenvalue weighted by atomic mass is 9.71. The van der Waals surface area contributed by atoms with Crippen LogP contribution in [0.1, 0.15) is 90.4 Å². The van der Waals surface area contributed by atoms with Crippen molar-refractivity contribution in [2.45, 2.75) is 107 Å². The van der Waals surface area contributed by atoms with Crippen LogP contribution in [-0.4, -0.2) is 35.5 Å². The zero-order chi connectivity index (χ0) is 21.6. The van der Waals surface area contributed by atoms with Crippen LogP contribution in [0.15, 0.2) is 0 Å². The van der Waals surface area contributed by atoms with E-state index in [4.69, 9.17) is 4.74 Å². The molecular weight excluding hydrogens is 473 g/mol. The van der Waals surface area contributed by atoms with Crippen molar-refractivity contribution in [3.05, 3.63) is 0 Å². The van der Waals surface area contributed by atoms with Gasteiger partial charge in [-0.25, -0.2) is 4.39 Å². The summed E-state index contributed by atoms with van der Waals surface area (Å²) in [4.78, 5) is 0.405. The van der Waals surface area contributed by atoms with Crippen LogP contribution in [0.2, 0.25) is 0 Å². The Balaban J connectivity index is 1.24. The Hall–Kier alpha value is 0.680. The monoisotopic (exact) mass is 517 g/mol. The molecular formula is C26H45BrFNOS. The zero-order valence-electron chi connectivity index (χ0n) is 19.6. The van der Waals surface area contributed by atoms with Crippen LogP contribution in [0.5, 0.6) is 0 Å². The molecule has 0 aromatic carbocycles. The Labute approximate surface area is 203 Å². The van der Waals surface area contributed by atoms with Crippen LogP contribution >= 0.6 is 27.7 Å². The van der Waals surface area contributed by atoms with Crippen molar-refractivity contribution in [3.8, 4) is 0 Å². The fourth-order valence-corrected chi connectivity index (χ4v) is 9.07. The molecule has 3 saturated carbocycles. The molecule has 9 unspecified atom stereocenters. The molecule has 1 aliphatic heterocycles. The van der Waals surface area contributed by atoms with Gasteiger partial charge in [-0.05, 0) is 74.0 Å². The van der Waals surface area contributed by atoms with Gasteiger partial charge in [0.2, 0.25) is 0 Å². The van der Waals surface area contributed by atoms with E-state index in [-0.39, 0.29) is 0 Å². The number of rotatable bonds is 5. The maximum atomic E-state index is 14.8. The smallest absolute Gasteiger partial charge is 0.104 e. The van der Waals surface area contributed by atoms with Gasteiger partial charge < -0.3 is 4.74 Å². The predicted octanol–water partition coefficient (Wildman–Crippen LogP) is 7.55. The highest BCUT2D eigenvalue weighted by atomic mass is 79.9. The molecule has 0 amide bonds. The fourth-order valence-electron chi connectivity index (χ4n) is 7.38. The second-order valence-corrected chi connectivity index (χ2v) is 13.4. The number of hydrogen-bond acceptors (Lipinski definition) is 3. The second-order valence-electron chi connectivity index (χ2n) is 11.2. The largest absolute Gasteiger partial charge is 0.356 e. The lowest BCUT2D eigenvalue weighted by Gasteiger charge is -2.40. The minimum atomic E-state index is -0.591. The highest BCUT2D eigenvalue weighted by Gasteiger charge is 2.37. The highest BCUT2D eigenvalue weighted by molar-refractivity contribution is 9.09. The van der Waals surface area contributed by atoms with E-state index >= 15 is 0 Å². The average Bonchev–Trinajstić information content (AvgIpc) is 2.98. The first-order valence-electron chi connectivity index (χ1n) is 13.3. The summed E-state index contributed by atoms with van der Waals surface area (Å²) in [6.45, 7) is 3.11. The van der Waals surface area contributed by atoms with Crippen molar-refractivity contribution in [3.63, 3.8) is 0 Å². The molecule has 0 aromatic heterocycles. The minimum Gasteiger partial charge on any atom is -0.356 e. The molecule has 1 N–H and O–H groups in total. The summed E-state index contributed by atoms with van der Waals surface area (Å²) in [7, 11) is 0. The van der Waals surface area contributed by atoms with Gasteiger partial charge in [0.15, 0.2) is 0 Å². The van der Waals surface area contributed by atoms with Gasteiger partial charge in [-0.3, -0.25) is 5.32 Å². The van der Waals surface area contributed by atoms with Gasteiger partial charge in [-0.2, -0.15) is 0 Å². The first-order chi connectivity index (χ1) is 15.1. The van der Waals surface area contributed by atoms with E-state index in [0.29, 0.717) is 22.7 Å². The summed E-state index contributed by atoms with van der Waals surface area (Å²) in [6.07, 6.45) is 16.3. The molecule has 1 heterocycles. The number of hydrogen-bond donors (Lipinski definition) is 1.